The van der Waals surface area contributed by atoms with E-state index in [1.807, 2.05) is 0 Å². The second-order valence-corrected chi connectivity index (χ2v) is 6.55. The van der Waals surface area contributed by atoms with E-state index in [4.69, 9.17) is 5.14 Å². The van der Waals surface area contributed by atoms with Gasteiger partial charge in [0.15, 0.2) is 0 Å². The second kappa shape index (κ2) is 5.35. The standard InChI is InChI=1S/C12H26N2S/c1-8-9(11(2,3)4)10(14-15-13)12(5,6)7/h9H,8,13H2,1-7H3/b14-10+. The van der Waals surface area contributed by atoms with Gasteiger partial charge >= 0.3 is 0 Å². The summed E-state index contributed by atoms with van der Waals surface area (Å²) in [4.78, 5) is 0. The molecule has 90 valence electrons. The van der Waals surface area contributed by atoms with Crippen molar-refractivity contribution in [3.8, 4) is 0 Å². The number of hydrogen-bond acceptors (Lipinski definition) is 3. The molecule has 0 aromatic carbocycles. The van der Waals surface area contributed by atoms with E-state index in [0.717, 1.165) is 18.6 Å². The van der Waals surface area contributed by atoms with Crippen LogP contribution < -0.4 is 5.14 Å². The molecule has 0 rings (SSSR count). The van der Waals surface area contributed by atoms with Crippen molar-refractivity contribution in [3.05, 3.63) is 0 Å². The van der Waals surface area contributed by atoms with Gasteiger partial charge in [-0.15, -0.1) is 0 Å². The van der Waals surface area contributed by atoms with Gasteiger partial charge in [0.05, 0.1) is 12.1 Å². The lowest BCUT2D eigenvalue weighted by atomic mass is 9.69. The van der Waals surface area contributed by atoms with Gasteiger partial charge in [-0.05, 0) is 11.8 Å². The summed E-state index contributed by atoms with van der Waals surface area (Å²) in [5.41, 5.74) is 1.57. The van der Waals surface area contributed by atoms with Crippen LogP contribution in [-0.4, -0.2) is 5.71 Å². The van der Waals surface area contributed by atoms with Crippen LogP contribution in [0.5, 0.6) is 0 Å². The van der Waals surface area contributed by atoms with Crippen molar-refractivity contribution in [2.75, 3.05) is 0 Å². The zero-order valence-electron chi connectivity index (χ0n) is 11.2. The first kappa shape index (κ1) is 15.0. The summed E-state index contributed by atoms with van der Waals surface area (Å²) in [5, 5.41) is 5.49. The number of hydrogen-bond donors (Lipinski definition) is 1. The van der Waals surface area contributed by atoms with Gasteiger partial charge in [0, 0.05) is 17.0 Å². The molecule has 3 heteroatoms. The lowest BCUT2D eigenvalue weighted by molar-refractivity contribution is 0.290. The van der Waals surface area contributed by atoms with Crippen LogP contribution in [-0.2, 0) is 0 Å². The average Bonchev–Trinajstić information content (AvgIpc) is 2.00. The van der Waals surface area contributed by atoms with Crippen LogP contribution in [0.1, 0.15) is 54.9 Å². The van der Waals surface area contributed by atoms with Gasteiger partial charge in [-0.25, -0.2) is 4.40 Å². The summed E-state index contributed by atoms with van der Waals surface area (Å²) in [6, 6.07) is 0. The van der Waals surface area contributed by atoms with E-state index in [-0.39, 0.29) is 10.8 Å². The van der Waals surface area contributed by atoms with E-state index in [2.05, 4.69) is 52.9 Å². The first-order valence-corrected chi connectivity index (χ1v) is 6.42. The van der Waals surface area contributed by atoms with Gasteiger partial charge in [0.2, 0.25) is 0 Å². The summed E-state index contributed by atoms with van der Waals surface area (Å²) in [7, 11) is 0. The molecule has 0 saturated heterocycles. The molecule has 0 saturated carbocycles. The molecule has 0 heterocycles. The summed E-state index contributed by atoms with van der Waals surface area (Å²) in [6.45, 7) is 15.6. The average molecular weight is 230 g/mol. The Balaban J connectivity index is 5.16. The van der Waals surface area contributed by atoms with Crippen LogP contribution >= 0.6 is 12.1 Å². The molecule has 15 heavy (non-hydrogen) atoms. The van der Waals surface area contributed by atoms with Crippen LogP contribution in [0.3, 0.4) is 0 Å². The quantitative estimate of drug-likeness (QED) is 0.586. The molecule has 0 spiro atoms. The minimum Gasteiger partial charge on any atom is -0.258 e. The zero-order chi connectivity index (χ0) is 12.3. The Kier molecular flexibility index (Phi) is 5.34. The minimum absolute atomic E-state index is 0.0975. The van der Waals surface area contributed by atoms with Crippen molar-refractivity contribution in [2.24, 2.45) is 26.3 Å². The van der Waals surface area contributed by atoms with Crippen molar-refractivity contribution in [1.29, 1.82) is 0 Å². The van der Waals surface area contributed by atoms with E-state index in [1.165, 1.54) is 5.71 Å². The molecule has 1 unspecified atom stereocenters. The number of rotatable bonds is 3. The third-order valence-corrected chi connectivity index (χ3v) is 3.01. The van der Waals surface area contributed by atoms with Crippen LogP contribution in [0.2, 0.25) is 0 Å². The molecule has 2 nitrogen and oxygen atoms in total. The Bertz CT molecular complexity index is 221. The highest BCUT2D eigenvalue weighted by atomic mass is 32.2. The van der Waals surface area contributed by atoms with Gasteiger partial charge in [-0.2, -0.15) is 0 Å². The minimum atomic E-state index is 0.0975. The smallest absolute Gasteiger partial charge is 0.0555 e. The maximum Gasteiger partial charge on any atom is 0.0555 e. The normalized spacial score (nSPS) is 16.7. The summed E-state index contributed by atoms with van der Waals surface area (Å²) in [5.74, 6) is 0.494. The summed E-state index contributed by atoms with van der Waals surface area (Å²) in [6.07, 6.45) is 1.11. The topological polar surface area (TPSA) is 38.4 Å². The molecule has 1 atom stereocenters. The fourth-order valence-corrected chi connectivity index (χ4v) is 2.51. The van der Waals surface area contributed by atoms with E-state index in [9.17, 15) is 0 Å². The number of nitrogens with zero attached hydrogens (tertiary/aromatic N) is 1. The van der Waals surface area contributed by atoms with Crippen molar-refractivity contribution < 1.29 is 0 Å². The molecule has 0 amide bonds. The number of nitrogens with two attached hydrogens (primary N) is 1. The fraction of sp³-hybridized carbons (Fsp3) is 0.917. The first-order valence-electron chi connectivity index (χ1n) is 5.58. The zero-order valence-corrected chi connectivity index (χ0v) is 12.0. The van der Waals surface area contributed by atoms with Gasteiger partial charge in [-0.1, -0.05) is 48.5 Å². The molecule has 2 N–H and O–H groups in total. The van der Waals surface area contributed by atoms with Gasteiger partial charge in [0.1, 0.15) is 0 Å². The Labute approximate surface area is 99.4 Å². The largest absolute Gasteiger partial charge is 0.258 e. The van der Waals surface area contributed by atoms with Crippen molar-refractivity contribution >= 4 is 17.8 Å². The second-order valence-electron chi connectivity index (χ2n) is 6.16. The molecule has 0 aliphatic rings. The van der Waals surface area contributed by atoms with Crippen LogP contribution in [0.25, 0.3) is 0 Å². The van der Waals surface area contributed by atoms with Crippen molar-refractivity contribution in [2.45, 2.75) is 54.9 Å². The molecular formula is C12H26N2S. The van der Waals surface area contributed by atoms with E-state index in [0.29, 0.717) is 5.92 Å². The molecular weight excluding hydrogens is 204 g/mol. The molecule has 0 aliphatic heterocycles. The summed E-state index contributed by atoms with van der Waals surface area (Å²) >= 11 is 1.08. The molecule has 0 aliphatic carbocycles. The highest BCUT2D eigenvalue weighted by Crippen LogP contribution is 2.36. The van der Waals surface area contributed by atoms with Gasteiger partial charge in [-0.3, -0.25) is 5.14 Å². The fourth-order valence-electron chi connectivity index (χ4n) is 2.00. The molecule has 0 fully saturated rings. The Morgan fingerprint density at radius 3 is 1.87 bits per heavy atom. The Morgan fingerprint density at radius 2 is 1.67 bits per heavy atom. The Hall–Kier alpha value is -0.0200. The third-order valence-electron chi connectivity index (χ3n) is 2.70. The first-order chi connectivity index (χ1) is 6.64. The molecule has 0 radical (unpaired) electrons. The highest BCUT2D eigenvalue weighted by molar-refractivity contribution is 7.95. The van der Waals surface area contributed by atoms with E-state index >= 15 is 0 Å². The summed E-state index contributed by atoms with van der Waals surface area (Å²) < 4.78 is 4.44. The maximum atomic E-state index is 5.49. The SMILES string of the molecule is CCC(/C(=N\SN)C(C)(C)C)C(C)(C)C. The van der Waals surface area contributed by atoms with Crippen LogP contribution in [0.4, 0.5) is 0 Å². The highest BCUT2D eigenvalue weighted by Gasteiger charge is 2.34. The maximum absolute atomic E-state index is 5.49. The van der Waals surface area contributed by atoms with Gasteiger partial charge in [0.25, 0.3) is 0 Å². The molecule has 0 aromatic rings. The monoisotopic (exact) mass is 230 g/mol. The third kappa shape index (κ3) is 4.56. The van der Waals surface area contributed by atoms with Crippen LogP contribution in [0.15, 0.2) is 4.40 Å². The van der Waals surface area contributed by atoms with Crippen molar-refractivity contribution in [1.82, 2.24) is 0 Å². The molecule has 0 bridgehead atoms. The van der Waals surface area contributed by atoms with Crippen molar-refractivity contribution in [3.63, 3.8) is 0 Å². The predicted octanol–water partition coefficient (Wildman–Crippen LogP) is 4.07. The van der Waals surface area contributed by atoms with E-state index < -0.39 is 0 Å². The Morgan fingerprint density at radius 1 is 1.20 bits per heavy atom. The van der Waals surface area contributed by atoms with Gasteiger partial charge < -0.3 is 0 Å². The van der Waals surface area contributed by atoms with E-state index in [1.54, 1.807) is 0 Å². The lowest BCUT2D eigenvalue weighted by Gasteiger charge is -2.36. The molecule has 0 aromatic heterocycles. The lowest BCUT2D eigenvalue weighted by Crippen LogP contribution is -2.36. The van der Waals surface area contributed by atoms with Crippen LogP contribution in [0, 0.1) is 16.7 Å². The predicted molar refractivity (Wildman–Crippen MR) is 71.9 cm³/mol.